The van der Waals surface area contributed by atoms with Gasteiger partial charge in [0.1, 0.15) is 0 Å². The molecule has 0 aliphatic rings. The molecule has 1 heterocycles. The summed E-state index contributed by atoms with van der Waals surface area (Å²) in [7, 11) is 0. The van der Waals surface area contributed by atoms with E-state index in [2.05, 4.69) is 10.3 Å². The number of hydrogen-bond donors (Lipinski definition) is 0. The summed E-state index contributed by atoms with van der Waals surface area (Å²) in [6.07, 6.45) is -4.61. The second kappa shape index (κ2) is 4.83. The molecule has 0 bridgehead atoms. The van der Waals surface area contributed by atoms with Crippen LogP contribution in [-0.2, 0) is 12.7 Å². The first-order valence-electron chi connectivity index (χ1n) is 5.43. The topological polar surface area (TPSA) is 47.8 Å². The lowest BCUT2D eigenvalue weighted by Gasteiger charge is -2.10. The maximum atomic E-state index is 12.8. The smallest absolute Gasteiger partial charge is 0.296 e. The van der Waals surface area contributed by atoms with Crippen molar-refractivity contribution < 1.29 is 18.0 Å². The Morgan fingerprint density at radius 2 is 1.89 bits per heavy atom. The van der Waals surface area contributed by atoms with Crippen molar-refractivity contribution in [2.24, 2.45) is 0 Å². The molecule has 4 nitrogen and oxygen atoms in total. The molecule has 0 atom stereocenters. The van der Waals surface area contributed by atoms with Crippen LogP contribution in [0.3, 0.4) is 0 Å². The molecule has 7 heteroatoms. The van der Waals surface area contributed by atoms with Crippen molar-refractivity contribution in [1.29, 1.82) is 0 Å². The van der Waals surface area contributed by atoms with Crippen LogP contribution >= 0.6 is 0 Å². The first kappa shape index (κ1) is 13.3. The number of carbonyl (C=O) groups excluding carboxylic acids is 1. The third-order valence-corrected chi connectivity index (χ3v) is 2.59. The summed E-state index contributed by atoms with van der Waals surface area (Å²) in [4.78, 5) is 10.6. The Hall–Kier alpha value is -2.18. The van der Waals surface area contributed by atoms with Crippen LogP contribution < -0.4 is 0 Å². The van der Waals surface area contributed by atoms with Gasteiger partial charge in [-0.1, -0.05) is 35.0 Å². The normalized spacial score (nSPS) is 11.6. The highest BCUT2D eigenvalue weighted by molar-refractivity contribution is 5.73. The third kappa shape index (κ3) is 2.81. The van der Waals surface area contributed by atoms with E-state index in [1.165, 1.54) is 0 Å². The Labute approximate surface area is 106 Å². The zero-order valence-corrected chi connectivity index (χ0v) is 9.98. The monoisotopic (exact) mass is 269 g/mol. The molecule has 0 N–H and O–H groups in total. The van der Waals surface area contributed by atoms with Crippen LogP contribution in [0.25, 0.3) is 0 Å². The first-order valence-corrected chi connectivity index (χ1v) is 5.43. The minimum absolute atomic E-state index is 0.0570. The summed E-state index contributed by atoms with van der Waals surface area (Å²) in [6, 6.07) is 7.00. The van der Waals surface area contributed by atoms with E-state index in [4.69, 9.17) is 0 Å². The first-order chi connectivity index (χ1) is 8.91. The van der Waals surface area contributed by atoms with Crippen molar-refractivity contribution in [2.75, 3.05) is 0 Å². The van der Waals surface area contributed by atoms with Gasteiger partial charge in [-0.05, 0) is 12.5 Å². The molecule has 1 aromatic heterocycles. The Balaban J connectivity index is 2.38. The van der Waals surface area contributed by atoms with Crippen molar-refractivity contribution in [3.63, 3.8) is 0 Å². The zero-order valence-electron chi connectivity index (χ0n) is 9.98. The molecular weight excluding hydrogens is 259 g/mol. The number of nitrogens with zero attached hydrogens (tertiary/aromatic N) is 3. The number of alkyl halides is 3. The molecule has 2 rings (SSSR count). The summed E-state index contributed by atoms with van der Waals surface area (Å²) in [5, 5.41) is 6.63. The lowest BCUT2D eigenvalue weighted by atomic mass is 10.1. The number of rotatable bonds is 3. The quantitative estimate of drug-likeness (QED) is 0.804. The minimum Gasteiger partial charge on any atom is -0.296 e. The number of aromatic nitrogens is 3. The van der Waals surface area contributed by atoms with E-state index >= 15 is 0 Å². The van der Waals surface area contributed by atoms with Gasteiger partial charge in [0, 0.05) is 0 Å². The van der Waals surface area contributed by atoms with Gasteiger partial charge in [0.25, 0.3) is 0 Å². The molecule has 0 amide bonds. The predicted molar refractivity (Wildman–Crippen MR) is 60.7 cm³/mol. The molecule has 0 radical (unpaired) electrons. The second-order valence-corrected chi connectivity index (χ2v) is 4.08. The lowest BCUT2D eigenvalue weighted by Crippen LogP contribution is -2.17. The maximum Gasteiger partial charge on any atom is 0.435 e. The molecule has 0 aliphatic carbocycles. The average Bonchev–Trinajstić information content (AvgIpc) is 2.75. The Morgan fingerprint density at radius 1 is 1.26 bits per heavy atom. The van der Waals surface area contributed by atoms with Crippen molar-refractivity contribution in [3.8, 4) is 0 Å². The molecule has 0 saturated carbocycles. The maximum absolute atomic E-state index is 12.8. The minimum atomic E-state index is -4.66. The molecule has 0 spiro atoms. The summed E-state index contributed by atoms with van der Waals surface area (Å²) >= 11 is 0. The van der Waals surface area contributed by atoms with E-state index in [1.54, 1.807) is 24.3 Å². The fourth-order valence-corrected chi connectivity index (χ4v) is 1.67. The van der Waals surface area contributed by atoms with Gasteiger partial charge in [-0.25, -0.2) is 4.68 Å². The van der Waals surface area contributed by atoms with Crippen molar-refractivity contribution in [2.45, 2.75) is 19.6 Å². The van der Waals surface area contributed by atoms with Gasteiger partial charge in [0.2, 0.25) is 0 Å². The van der Waals surface area contributed by atoms with Crippen LogP contribution in [-0.4, -0.2) is 21.3 Å². The second-order valence-electron chi connectivity index (χ2n) is 4.08. The van der Waals surface area contributed by atoms with Crippen molar-refractivity contribution in [3.05, 3.63) is 46.8 Å². The molecule has 0 fully saturated rings. The standard InChI is InChI=1S/C12H10F3N3O/c1-8-2-4-9(5-3-8)6-18-11(12(13,14)15)10(7-19)16-17-18/h2-5,7H,6H2,1H3. The fraction of sp³-hybridized carbons (Fsp3) is 0.250. The van der Waals surface area contributed by atoms with Crippen LogP contribution in [0.1, 0.15) is 27.3 Å². The predicted octanol–water partition coefficient (Wildman–Crippen LogP) is 2.47. The number of carbonyl (C=O) groups is 1. The summed E-state index contributed by atoms with van der Waals surface area (Å²) in [5.41, 5.74) is -0.159. The van der Waals surface area contributed by atoms with E-state index in [9.17, 15) is 18.0 Å². The van der Waals surface area contributed by atoms with E-state index in [0.29, 0.717) is 10.2 Å². The number of aryl methyl sites for hydroxylation is 1. The highest BCUT2D eigenvalue weighted by Crippen LogP contribution is 2.30. The lowest BCUT2D eigenvalue weighted by molar-refractivity contribution is -0.144. The Morgan fingerprint density at radius 3 is 2.42 bits per heavy atom. The van der Waals surface area contributed by atoms with E-state index in [-0.39, 0.29) is 12.8 Å². The zero-order chi connectivity index (χ0) is 14.0. The van der Waals surface area contributed by atoms with Crippen LogP contribution in [0.5, 0.6) is 0 Å². The molecule has 0 aliphatic heterocycles. The number of aldehydes is 1. The third-order valence-electron chi connectivity index (χ3n) is 2.59. The van der Waals surface area contributed by atoms with Gasteiger partial charge in [-0.2, -0.15) is 13.2 Å². The Kier molecular flexibility index (Phi) is 3.37. The summed E-state index contributed by atoms with van der Waals surface area (Å²) in [6.45, 7) is 1.79. The van der Waals surface area contributed by atoms with Crippen LogP contribution in [0.4, 0.5) is 13.2 Å². The fourth-order valence-electron chi connectivity index (χ4n) is 1.67. The van der Waals surface area contributed by atoms with E-state index in [1.807, 2.05) is 6.92 Å². The van der Waals surface area contributed by atoms with Crippen LogP contribution in [0.15, 0.2) is 24.3 Å². The van der Waals surface area contributed by atoms with Gasteiger partial charge in [-0.3, -0.25) is 4.79 Å². The van der Waals surface area contributed by atoms with Crippen LogP contribution in [0.2, 0.25) is 0 Å². The van der Waals surface area contributed by atoms with E-state index in [0.717, 1.165) is 5.56 Å². The van der Waals surface area contributed by atoms with Crippen LogP contribution in [0, 0.1) is 6.92 Å². The SMILES string of the molecule is Cc1ccc(Cn2nnc(C=O)c2C(F)(F)F)cc1. The van der Waals surface area contributed by atoms with Crippen molar-refractivity contribution in [1.82, 2.24) is 15.0 Å². The molecule has 1 aromatic carbocycles. The van der Waals surface area contributed by atoms with Gasteiger partial charge >= 0.3 is 6.18 Å². The summed E-state index contributed by atoms with van der Waals surface area (Å²) < 4.78 is 39.2. The highest BCUT2D eigenvalue weighted by Gasteiger charge is 2.39. The average molecular weight is 269 g/mol. The number of benzene rings is 1. The number of halogens is 3. The number of hydrogen-bond acceptors (Lipinski definition) is 3. The van der Waals surface area contributed by atoms with Gasteiger partial charge in [-0.15, -0.1) is 5.10 Å². The van der Waals surface area contributed by atoms with Crippen molar-refractivity contribution >= 4 is 6.29 Å². The molecule has 0 unspecified atom stereocenters. The van der Waals surface area contributed by atoms with Gasteiger partial charge in [0.15, 0.2) is 17.7 Å². The molecular formula is C12H10F3N3O. The van der Waals surface area contributed by atoms with E-state index < -0.39 is 17.6 Å². The Bertz CT molecular complexity index is 587. The molecule has 2 aromatic rings. The molecule has 100 valence electrons. The van der Waals surface area contributed by atoms with Gasteiger partial charge in [0.05, 0.1) is 6.54 Å². The largest absolute Gasteiger partial charge is 0.435 e. The molecule has 19 heavy (non-hydrogen) atoms. The van der Waals surface area contributed by atoms with Gasteiger partial charge < -0.3 is 0 Å². The highest BCUT2D eigenvalue weighted by atomic mass is 19.4. The molecule has 0 saturated heterocycles. The summed E-state index contributed by atoms with van der Waals surface area (Å²) in [5.74, 6) is 0.